The zero-order valence-electron chi connectivity index (χ0n) is 9.75. The van der Waals surface area contributed by atoms with Gasteiger partial charge in [-0.15, -0.1) is 0 Å². The van der Waals surface area contributed by atoms with Crippen molar-refractivity contribution in [2.24, 2.45) is 5.92 Å². The first-order valence-corrected chi connectivity index (χ1v) is 5.92. The fourth-order valence-corrected chi connectivity index (χ4v) is 3.05. The first-order chi connectivity index (χ1) is 7.06. The number of rotatable bonds is 1. The van der Waals surface area contributed by atoms with Crippen LogP contribution in [0.5, 0.6) is 0 Å². The van der Waals surface area contributed by atoms with Crippen LogP contribution < -0.4 is 5.32 Å². The summed E-state index contributed by atoms with van der Waals surface area (Å²) < 4.78 is 0. The monoisotopic (exact) mass is 201 g/mol. The molecule has 0 saturated heterocycles. The molecule has 1 saturated carbocycles. The highest BCUT2D eigenvalue weighted by Gasteiger charge is 2.56. The van der Waals surface area contributed by atoms with Gasteiger partial charge < -0.3 is 5.32 Å². The lowest BCUT2D eigenvalue weighted by molar-refractivity contribution is 0.406. The van der Waals surface area contributed by atoms with Crippen LogP contribution in [-0.2, 0) is 6.42 Å². The number of benzene rings is 1. The molecule has 2 aliphatic rings. The molecule has 80 valence electrons. The van der Waals surface area contributed by atoms with Crippen LogP contribution in [0.15, 0.2) is 24.3 Å². The molecule has 3 rings (SSSR count). The maximum Gasteiger partial charge on any atom is 0.0182 e. The van der Waals surface area contributed by atoms with Crippen molar-refractivity contribution in [2.45, 2.75) is 44.7 Å². The average molecular weight is 201 g/mol. The van der Waals surface area contributed by atoms with Gasteiger partial charge in [-0.25, -0.2) is 0 Å². The molecular weight excluding hydrogens is 182 g/mol. The smallest absolute Gasteiger partial charge is 0.0182 e. The van der Waals surface area contributed by atoms with Crippen molar-refractivity contribution in [2.75, 3.05) is 0 Å². The predicted octanol–water partition coefficient (Wildman–Crippen LogP) is 2.71. The van der Waals surface area contributed by atoms with E-state index in [1.807, 2.05) is 0 Å². The standard InChI is InChI=1S/C14H19N/c1-14(2,3)15-13-11-8-9-6-4-5-7-10(9)12(11)13/h4-7,11-13,15H,8H2,1-3H3/t11?,12?,13-/m1/s1. The molecule has 0 heterocycles. The Kier molecular flexibility index (Phi) is 1.79. The number of hydrogen-bond acceptors (Lipinski definition) is 1. The highest BCUT2D eigenvalue weighted by atomic mass is 15.1. The third-order valence-electron chi connectivity index (χ3n) is 3.64. The second kappa shape index (κ2) is 2.85. The lowest BCUT2D eigenvalue weighted by Crippen LogP contribution is -2.39. The van der Waals surface area contributed by atoms with Crippen LogP contribution in [0.25, 0.3) is 0 Å². The topological polar surface area (TPSA) is 12.0 Å². The van der Waals surface area contributed by atoms with Gasteiger partial charge in [-0.3, -0.25) is 0 Å². The fraction of sp³-hybridized carbons (Fsp3) is 0.571. The zero-order valence-corrected chi connectivity index (χ0v) is 9.75. The molecule has 2 aliphatic carbocycles. The van der Waals surface area contributed by atoms with Crippen molar-refractivity contribution in [3.05, 3.63) is 35.4 Å². The highest BCUT2D eigenvalue weighted by molar-refractivity contribution is 5.45. The lowest BCUT2D eigenvalue weighted by atomic mass is 10.0. The van der Waals surface area contributed by atoms with Gasteiger partial charge >= 0.3 is 0 Å². The van der Waals surface area contributed by atoms with Crippen molar-refractivity contribution >= 4 is 0 Å². The fourth-order valence-electron chi connectivity index (χ4n) is 3.05. The van der Waals surface area contributed by atoms with E-state index in [9.17, 15) is 0 Å². The zero-order chi connectivity index (χ0) is 10.6. The quantitative estimate of drug-likeness (QED) is 0.736. The van der Waals surface area contributed by atoms with Gasteiger partial charge in [0.1, 0.15) is 0 Å². The van der Waals surface area contributed by atoms with Gasteiger partial charge in [0.05, 0.1) is 0 Å². The maximum atomic E-state index is 3.74. The van der Waals surface area contributed by atoms with Gasteiger partial charge in [-0.2, -0.15) is 0 Å². The summed E-state index contributed by atoms with van der Waals surface area (Å²) in [6, 6.07) is 9.67. The summed E-state index contributed by atoms with van der Waals surface area (Å²) >= 11 is 0. The first-order valence-electron chi connectivity index (χ1n) is 5.92. The average Bonchev–Trinajstić information content (AvgIpc) is 2.67. The molecule has 0 aromatic heterocycles. The molecule has 0 aliphatic heterocycles. The maximum absolute atomic E-state index is 3.74. The number of fused-ring (bicyclic) bond motifs is 3. The Morgan fingerprint density at radius 3 is 2.67 bits per heavy atom. The Labute approximate surface area is 91.9 Å². The third kappa shape index (κ3) is 1.50. The van der Waals surface area contributed by atoms with E-state index < -0.39 is 0 Å². The Morgan fingerprint density at radius 2 is 1.93 bits per heavy atom. The van der Waals surface area contributed by atoms with E-state index in [1.165, 1.54) is 6.42 Å². The molecule has 3 atom stereocenters. The van der Waals surface area contributed by atoms with Crippen molar-refractivity contribution in [1.29, 1.82) is 0 Å². The van der Waals surface area contributed by atoms with E-state index in [1.54, 1.807) is 11.1 Å². The van der Waals surface area contributed by atoms with Crippen molar-refractivity contribution in [1.82, 2.24) is 5.32 Å². The molecule has 15 heavy (non-hydrogen) atoms. The Morgan fingerprint density at radius 1 is 1.20 bits per heavy atom. The summed E-state index contributed by atoms with van der Waals surface area (Å²) in [6.07, 6.45) is 1.29. The molecule has 2 unspecified atom stereocenters. The van der Waals surface area contributed by atoms with Crippen LogP contribution in [0.2, 0.25) is 0 Å². The predicted molar refractivity (Wildman–Crippen MR) is 63.1 cm³/mol. The van der Waals surface area contributed by atoms with E-state index >= 15 is 0 Å². The van der Waals surface area contributed by atoms with Crippen molar-refractivity contribution in [3.8, 4) is 0 Å². The minimum absolute atomic E-state index is 0.254. The van der Waals surface area contributed by atoms with Crippen LogP contribution in [0.3, 0.4) is 0 Å². The highest BCUT2D eigenvalue weighted by Crippen LogP contribution is 2.56. The molecule has 1 aromatic carbocycles. The number of hydrogen-bond donors (Lipinski definition) is 1. The van der Waals surface area contributed by atoms with E-state index in [4.69, 9.17) is 0 Å². The first kappa shape index (κ1) is 9.41. The minimum atomic E-state index is 0.254. The van der Waals surface area contributed by atoms with Gasteiger partial charge in [-0.1, -0.05) is 24.3 Å². The summed E-state index contributed by atoms with van der Waals surface area (Å²) in [4.78, 5) is 0. The van der Waals surface area contributed by atoms with Crippen LogP contribution >= 0.6 is 0 Å². The Hall–Kier alpha value is -0.820. The van der Waals surface area contributed by atoms with E-state index in [0.717, 1.165) is 17.9 Å². The number of nitrogens with one attached hydrogen (secondary N) is 1. The van der Waals surface area contributed by atoms with Crippen molar-refractivity contribution < 1.29 is 0 Å². The van der Waals surface area contributed by atoms with Gasteiger partial charge in [0.25, 0.3) is 0 Å². The molecule has 1 aromatic rings. The van der Waals surface area contributed by atoms with E-state index in [-0.39, 0.29) is 5.54 Å². The van der Waals surface area contributed by atoms with Gasteiger partial charge in [-0.05, 0) is 44.2 Å². The van der Waals surface area contributed by atoms with Crippen LogP contribution in [0, 0.1) is 5.92 Å². The lowest BCUT2D eigenvalue weighted by Gasteiger charge is -2.22. The van der Waals surface area contributed by atoms with Crippen LogP contribution in [-0.4, -0.2) is 11.6 Å². The second-order valence-electron chi connectivity index (χ2n) is 6.01. The van der Waals surface area contributed by atoms with Gasteiger partial charge in [0, 0.05) is 17.5 Å². The van der Waals surface area contributed by atoms with Crippen molar-refractivity contribution in [3.63, 3.8) is 0 Å². The van der Waals surface area contributed by atoms with Gasteiger partial charge in [0.2, 0.25) is 0 Å². The summed E-state index contributed by atoms with van der Waals surface area (Å²) in [6.45, 7) is 6.77. The Bertz CT molecular complexity index is 389. The molecule has 1 fully saturated rings. The molecule has 0 amide bonds. The van der Waals surface area contributed by atoms with Crippen LogP contribution in [0.1, 0.15) is 37.8 Å². The molecular formula is C14H19N. The summed E-state index contributed by atoms with van der Waals surface area (Å²) in [5.74, 6) is 1.68. The molecule has 0 radical (unpaired) electrons. The third-order valence-corrected chi connectivity index (χ3v) is 3.64. The normalized spacial score (nSPS) is 32.3. The molecule has 1 heteroatoms. The molecule has 0 spiro atoms. The Balaban J connectivity index is 1.79. The molecule has 0 bridgehead atoms. The van der Waals surface area contributed by atoms with E-state index in [2.05, 4.69) is 50.4 Å². The second-order valence-corrected chi connectivity index (χ2v) is 6.01. The summed E-state index contributed by atoms with van der Waals surface area (Å²) in [5, 5.41) is 3.74. The van der Waals surface area contributed by atoms with E-state index in [0.29, 0.717) is 0 Å². The SMILES string of the molecule is CC(C)(C)N[C@@H]1C2Cc3ccccc3C21. The largest absolute Gasteiger partial charge is 0.308 e. The van der Waals surface area contributed by atoms with Crippen LogP contribution in [0.4, 0.5) is 0 Å². The summed E-state index contributed by atoms with van der Waals surface area (Å²) in [7, 11) is 0. The summed E-state index contributed by atoms with van der Waals surface area (Å²) in [5.41, 5.74) is 3.44. The van der Waals surface area contributed by atoms with Gasteiger partial charge in [0.15, 0.2) is 0 Å². The molecule has 1 N–H and O–H groups in total. The minimum Gasteiger partial charge on any atom is -0.308 e. The molecule has 1 nitrogen and oxygen atoms in total.